The van der Waals surface area contributed by atoms with E-state index in [9.17, 15) is 19.5 Å². The summed E-state index contributed by atoms with van der Waals surface area (Å²) in [6.45, 7) is 8.07. The topological polar surface area (TPSA) is 113 Å². The Bertz CT molecular complexity index is 1300. The molecule has 35 heavy (non-hydrogen) atoms. The number of fused-ring (bicyclic) bond motifs is 2. The zero-order valence-electron chi connectivity index (χ0n) is 20.4. The first kappa shape index (κ1) is 23.4. The van der Waals surface area contributed by atoms with Crippen LogP contribution in [0.2, 0.25) is 0 Å². The van der Waals surface area contributed by atoms with Gasteiger partial charge in [-0.1, -0.05) is 0 Å². The third kappa shape index (κ3) is 4.30. The van der Waals surface area contributed by atoms with Crippen LogP contribution in [0, 0.1) is 18.7 Å². The number of ether oxygens (including phenoxy) is 1. The highest BCUT2D eigenvalue weighted by Crippen LogP contribution is 2.52. The lowest BCUT2D eigenvalue weighted by atomic mass is 10.0. The minimum atomic E-state index is -1.07. The summed E-state index contributed by atoms with van der Waals surface area (Å²) >= 11 is 0. The molecule has 3 fully saturated rings. The van der Waals surface area contributed by atoms with E-state index in [4.69, 9.17) is 4.74 Å². The van der Waals surface area contributed by atoms with Gasteiger partial charge >= 0.3 is 12.2 Å². The van der Waals surface area contributed by atoms with Crippen LogP contribution >= 0.6 is 0 Å². The fraction of sp³-hybridized carbons (Fsp3) is 0.560. The summed E-state index contributed by atoms with van der Waals surface area (Å²) in [4.78, 5) is 38.5. The predicted octanol–water partition coefficient (Wildman–Crippen LogP) is 3.65. The molecule has 2 heterocycles. The van der Waals surface area contributed by atoms with E-state index < -0.39 is 29.1 Å². The van der Waals surface area contributed by atoms with E-state index in [1.807, 2.05) is 11.8 Å². The number of hydrogen-bond donors (Lipinski definition) is 3. The highest BCUT2D eigenvalue weighted by Gasteiger charge is 2.61. The van der Waals surface area contributed by atoms with Crippen LogP contribution in [0.3, 0.4) is 0 Å². The number of nitrogens with one attached hydrogen (secondary N) is 2. The van der Waals surface area contributed by atoms with Gasteiger partial charge in [-0.3, -0.25) is 4.79 Å². The van der Waals surface area contributed by atoms with Crippen molar-refractivity contribution in [2.24, 2.45) is 5.92 Å². The Morgan fingerprint density at radius 3 is 2.63 bits per heavy atom. The monoisotopic (exact) mass is 486 g/mol. The Hall–Kier alpha value is -3.30. The van der Waals surface area contributed by atoms with Gasteiger partial charge < -0.3 is 29.9 Å². The van der Waals surface area contributed by atoms with Crippen molar-refractivity contribution in [1.82, 2.24) is 15.2 Å². The van der Waals surface area contributed by atoms with E-state index in [-0.39, 0.29) is 24.1 Å². The van der Waals surface area contributed by atoms with Crippen LogP contribution < -0.4 is 21.1 Å². The number of benzene rings is 1. The van der Waals surface area contributed by atoms with Crippen molar-refractivity contribution in [3.8, 4) is 0 Å². The van der Waals surface area contributed by atoms with E-state index in [1.165, 1.54) is 12.1 Å². The van der Waals surface area contributed by atoms with Crippen LogP contribution in [-0.4, -0.2) is 46.1 Å². The Morgan fingerprint density at radius 1 is 1.29 bits per heavy atom. The first-order valence-corrected chi connectivity index (χ1v) is 12.0. The highest BCUT2D eigenvalue weighted by molar-refractivity contribution is 5.91. The quantitative estimate of drug-likeness (QED) is 0.595. The molecule has 2 aliphatic carbocycles. The number of nitrogens with zero attached hydrogens (tertiary/aromatic N) is 2. The van der Waals surface area contributed by atoms with Crippen molar-refractivity contribution >= 4 is 28.8 Å². The summed E-state index contributed by atoms with van der Waals surface area (Å²) in [5, 5.41) is 15.1. The number of aromatic nitrogens is 1. The lowest BCUT2D eigenvalue weighted by Crippen LogP contribution is -2.41. The molecule has 0 radical (unpaired) electrons. The lowest BCUT2D eigenvalue weighted by Gasteiger charge is -2.27. The number of alkyl carbamates (subject to hydrolysis) is 1. The average Bonchev–Trinajstić information content (AvgIpc) is 3.63. The van der Waals surface area contributed by atoms with Gasteiger partial charge in [-0.25, -0.2) is 14.0 Å². The van der Waals surface area contributed by atoms with Crippen molar-refractivity contribution in [2.45, 2.75) is 70.7 Å². The molecular formula is C25H31FN4O5. The third-order valence-electron chi connectivity index (χ3n) is 7.14. The molecule has 188 valence electrons. The van der Waals surface area contributed by atoms with E-state index in [0.29, 0.717) is 40.8 Å². The zero-order chi connectivity index (χ0) is 25.3. The molecule has 2 atom stereocenters. The second kappa shape index (κ2) is 7.86. The fourth-order valence-corrected chi connectivity index (χ4v) is 5.49. The lowest BCUT2D eigenvalue weighted by molar-refractivity contribution is 0.0523. The summed E-state index contributed by atoms with van der Waals surface area (Å²) in [5.74, 6) is -0.288. The molecule has 3 aliphatic rings. The normalized spacial score (nSPS) is 23.2. The Kier molecular flexibility index (Phi) is 5.26. The van der Waals surface area contributed by atoms with E-state index >= 15 is 4.39 Å². The minimum absolute atomic E-state index is 0.0296. The Balaban J connectivity index is 1.54. The molecule has 1 aliphatic heterocycles. The van der Waals surface area contributed by atoms with Crippen molar-refractivity contribution in [1.29, 1.82) is 0 Å². The molecule has 0 spiro atoms. The molecule has 2 unspecified atom stereocenters. The number of hydrogen-bond acceptors (Lipinski definition) is 5. The molecule has 9 nitrogen and oxygen atoms in total. The van der Waals surface area contributed by atoms with Gasteiger partial charge in [-0.2, -0.15) is 0 Å². The molecule has 2 saturated carbocycles. The van der Waals surface area contributed by atoms with Gasteiger partial charge in [0.2, 0.25) is 0 Å². The van der Waals surface area contributed by atoms with E-state index in [0.717, 1.165) is 19.3 Å². The molecular weight excluding hydrogens is 455 g/mol. The molecule has 1 aromatic heterocycles. The minimum Gasteiger partial charge on any atom is -0.465 e. The zero-order valence-corrected chi connectivity index (χ0v) is 20.4. The number of halogens is 1. The average molecular weight is 487 g/mol. The van der Waals surface area contributed by atoms with Crippen molar-refractivity contribution < 1.29 is 23.8 Å². The smallest absolute Gasteiger partial charge is 0.407 e. The number of pyridine rings is 1. The van der Waals surface area contributed by atoms with Crippen molar-refractivity contribution in [2.75, 3.05) is 18.0 Å². The van der Waals surface area contributed by atoms with Gasteiger partial charge in [-0.15, -0.1) is 0 Å². The summed E-state index contributed by atoms with van der Waals surface area (Å²) in [7, 11) is 0. The van der Waals surface area contributed by atoms with Gasteiger partial charge in [0, 0.05) is 43.0 Å². The predicted molar refractivity (Wildman–Crippen MR) is 128 cm³/mol. The van der Waals surface area contributed by atoms with Gasteiger partial charge in [0.05, 0.1) is 16.7 Å². The van der Waals surface area contributed by atoms with Crippen molar-refractivity contribution in [3.05, 3.63) is 39.4 Å². The third-order valence-corrected chi connectivity index (χ3v) is 7.14. The van der Waals surface area contributed by atoms with Gasteiger partial charge in [-0.05, 0) is 64.2 Å². The number of aryl methyl sites for hydroxylation is 1. The van der Waals surface area contributed by atoms with Crippen LogP contribution in [0.1, 0.15) is 57.2 Å². The number of amides is 2. The van der Waals surface area contributed by atoms with E-state index in [1.54, 1.807) is 25.3 Å². The molecule has 0 bridgehead atoms. The number of anilines is 1. The Labute approximate surface area is 202 Å². The SMILES string of the molecule is Cc1c(N2CC3CC3(NC(=O)O)C2)c(F)cc2c(CNC(=O)OC(C)(C)C)cc(=O)n(C3CC3)c12. The van der Waals surface area contributed by atoms with Crippen LogP contribution in [0.4, 0.5) is 19.7 Å². The van der Waals surface area contributed by atoms with E-state index in [2.05, 4.69) is 10.6 Å². The molecule has 2 aromatic rings. The molecule has 2 amide bonds. The summed E-state index contributed by atoms with van der Waals surface area (Å²) < 4.78 is 22.7. The maximum atomic E-state index is 15.6. The molecule has 1 saturated heterocycles. The fourth-order valence-electron chi connectivity index (χ4n) is 5.49. The molecule has 5 rings (SSSR count). The maximum Gasteiger partial charge on any atom is 0.407 e. The molecule has 3 N–H and O–H groups in total. The summed E-state index contributed by atoms with van der Waals surface area (Å²) in [5.41, 5.74) is 0.859. The first-order valence-electron chi connectivity index (χ1n) is 12.0. The maximum absolute atomic E-state index is 15.6. The van der Waals surface area contributed by atoms with Crippen LogP contribution in [0.5, 0.6) is 0 Å². The van der Waals surface area contributed by atoms with Gasteiger partial charge in [0.25, 0.3) is 5.56 Å². The summed E-state index contributed by atoms with van der Waals surface area (Å²) in [6, 6.07) is 2.97. The standard InChI is InChI=1S/C25H31FN4O5/c1-13-20-17(8-18(26)21(13)29-11-15-9-25(15,12-29)28-22(32)33)14(7-19(31)30(20)16-5-6-16)10-27-23(34)35-24(2,3)4/h7-8,15-16,28H,5-6,9-12H2,1-4H3,(H,27,34)(H,32,33). The second-order valence-corrected chi connectivity index (χ2v) is 11.1. The van der Waals surface area contributed by atoms with Crippen molar-refractivity contribution in [3.63, 3.8) is 0 Å². The van der Waals surface area contributed by atoms with Gasteiger partial charge in [0.15, 0.2) is 0 Å². The Morgan fingerprint density at radius 2 is 2.00 bits per heavy atom. The van der Waals surface area contributed by atoms with Gasteiger partial charge in [0.1, 0.15) is 11.4 Å². The molecule has 1 aromatic carbocycles. The number of carbonyl (C=O) groups excluding carboxylic acids is 1. The largest absolute Gasteiger partial charge is 0.465 e. The second-order valence-electron chi connectivity index (χ2n) is 11.1. The van der Waals surface area contributed by atoms with Crippen LogP contribution in [0.15, 0.2) is 16.9 Å². The first-order chi connectivity index (χ1) is 16.4. The highest BCUT2D eigenvalue weighted by atomic mass is 19.1. The number of carboxylic acid groups (broad SMARTS) is 1. The number of carbonyl (C=O) groups is 2. The number of rotatable bonds is 5. The van der Waals surface area contributed by atoms with Crippen LogP contribution in [0.25, 0.3) is 10.9 Å². The molecule has 10 heteroatoms. The van der Waals surface area contributed by atoms with Crippen LogP contribution in [-0.2, 0) is 11.3 Å². The number of piperidine rings is 1. The summed E-state index contributed by atoms with van der Waals surface area (Å²) in [6.07, 6.45) is 0.826.